The van der Waals surface area contributed by atoms with Crippen molar-refractivity contribution in [3.8, 4) is 0 Å². The number of nitrogens with zero attached hydrogens (tertiary/aromatic N) is 3. The van der Waals surface area contributed by atoms with Gasteiger partial charge in [0.1, 0.15) is 5.82 Å². The van der Waals surface area contributed by atoms with E-state index in [9.17, 15) is 4.79 Å². The Bertz CT molecular complexity index is 1060. The highest BCUT2D eigenvalue weighted by Crippen LogP contribution is 2.22. The Morgan fingerprint density at radius 2 is 1.60 bits per heavy atom. The first kappa shape index (κ1) is 19.9. The second kappa shape index (κ2) is 8.53. The van der Waals surface area contributed by atoms with E-state index in [0.29, 0.717) is 5.56 Å². The maximum atomic E-state index is 12.6. The minimum atomic E-state index is -0.102. The zero-order valence-corrected chi connectivity index (χ0v) is 17.7. The van der Waals surface area contributed by atoms with E-state index in [1.807, 2.05) is 69.3 Å². The Morgan fingerprint density at radius 1 is 0.900 bits per heavy atom. The molecule has 0 bridgehead atoms. The first-order chi connectivity index (χ1) is 14.5. The summed E-state index contributed by atoms with van der Waals surface area (Å²) in [4.78, 5) is 24.0. The highest BCUT2D eigenvalue weighted by molar-refractivity contribution is 6.05. The van der Waals surface area contributed by atoms with E-state index in [1.54, 1.807) is 0 Å². The Hall–Kier alpha value is -3.41. The third-order valence-electron chi connectivity index (χ3n) is 5.27. The summed E-state index contributed by atoms with van der Waals surface area (Å²) in [5.41, 5.74) is 5.40. The van der Waals surface area contributed by atoms with Crippen molar-refractivity contribution in [3.05, 3.63) is 70.9 Å². The van der Waals surface area contributed by atoms with Crippen molar-refractivity contribution < 1.29 is 4.79 Å². The maximum Gasteiger partial charge on any atom is 0.255 e. The Kier molecular flexibility index (Phi) is 5.65. The molecule has 154 valence electrons. The van der Waals surface area contributed by atoms with Crippen molar-refractivity contribution >= 4 is 29.0 Å². The number of hydrogen-bond donors (Lipinski definition) is 2. The van der Waals surface area contributed by atoms with Gasteiger partial charge < -0.3 is 15.5 Å². The molecule has 1 aliphatic heterocycles. The van der Waals surface area contributed by atoms with Crippen LogP contribution in [-0.4, -0.2) is 29.0 Å². The Labute approximate surface area is 177 Å². The average molecular weight is 402 g/mol. The number of carbonyl (C=O) groups is 1. The topological polar surface area (TPSA) is 70.2 Å². The van der Waals surface area contributed by atoms with Crippen molar-refractivity contribution in [2.24, 2.45) is 0 Å². The lowest BCUT2D eigenvalue weighted by atomic mass is 10.1. The van der Waals surface area contributed by atoms with Crippen molar-refractivity contribution in [3.63, 3.8) is 0 Å². The molecule has 1 fully saturated rings. The van der Waals surface area contributed by atoms with E-state index in [1.165, 1.54) is 12.8 Å². The van der Waals surface area contributed by atoms with Gasteiger partial charge in [-0.05, 0) is 69.5 Å². The number of rotatable bonds is 5. The number of benzene rings is 2. The number of aryl methyl sites for hydroxylation is 3. The summed E-state index contributed by atoms with van der Waals surface area (Å²) in [5.74, 6) is 1.46. The molecule has 0 aliphatic carbocycles. The molecule has 3 aromatic rings. The summed E-state index contributed by atoms with van der Waals surface area (Å²) in [6, 6.07) is 15.4. The quantitative estimate of drug-likeness (QED) is 0.630. The van der Waals surface area contributed by atoms with Crippen LogP contribution in [0.4, 0.5) is 23.1 Å². The van der Waals surface area contributed by atoms with Gasteiger partial charge in [0.05, 0.1) is 0 Å². The average Bonchev–Trinajstić information content (AvgIpc) is 3.24. The number of nitrogens with one attached hydrogen (secondary N) is 2. The van der Waals surface area contributed by atoms with Crippen LogP contribution in [0.1, 0.15) is 40.0 Å². The van der Waals surface area contributed by atoms with Gasteiger partial charge in [-0.25, -0.2) is 4.98 Å². The van der Waals surface area contributed by atoms with Crippen LogP contribution in [0.15, 0.2) is 48.5 Å². The maximum absolute atomic E-state index is 12.6. The van der Waals surface area contributed by atoms with Gasteiger partial charge in [-0.3, -0.25) is 4.79 Å². The van der Waals surface area contributed by atoms with Crippen LogP contribution >= 0.6 is 0 Å². The summed E-state index contributed by atoms with van der Waals surface area (Å²) in [7, 11) is 0. The summed E-state index contributed by atoms with van der Waals surface area (Å²) in [5, 5.41) is 6.31. The standard InChI is InChI=1S/C24H27N5O/c1-16-6-11-21(17(2)14-16)23(30)27-20-9-7-19(8-10-20)26-22-15-18(3)25-24(28-22)29-12-4-5-13-29/h6-11,14-15H,4-5,12-13H2,1-3H3,(H,27,30)(H,25,26,28). The summed E-state index contributed by atoms with van der Waals surface area (Å²) < 4.78 is 0. The highest BCUT2D eigenvalue weighted by atomic mass is 16.1. The lowest BCUT2D eigenvalue weighted by molar-refractivity contribution is 0.102. The predicted molar refractivity (Wildman–Crippen MR) is 122 cm³/mol. The molecule has 2 N–H and O–H groups in total. The zero-order valence-electron chi connectivity index (χ0n) is 17.7. The molecule has 6 heteroatoms. The molecular formula is C24H27N5O. The van der Waals surface area contributed by atoms with Gasteiger partial charge in [-0.15, -0.1) is 0 Å². The number of aromatic nitrogens is 2. The second-order valence-corrected chi connectivity index (χ2v) is 7.86. The molecule has 0 unspecified atom stereocenters. The fraction of sp³-hybridized carbons (Fsp3) is 0.292. The van der Waals surface area contributed by atoms with Gasteiger partial charge in [0.25, 0.3) is 5.91 Å². The van der Waals surface area contributed by atoms with E-state index in [4.69, 9.17) is 0 Å². The molecule has 0 atom stereocenters. The molecule has 2 aromatic carbocycles. The van der Waals surface area contributed by atoms with E-state index in [-0.39, 0.29) is 5.91 Å². The van der Waals surface area contributed by atoms with Crippen LogP contribution in [0.2, 0.25) is 0 Å². The predicted octanol–water partition coefficient (Wildman–Crippen LogP) is 5.00. The molecule has 1 aromatic heterocycles. The normalized spacial score (nSPS) is 13.4. The first-order valence-corrected chi connectivity index (χ1v) is 10.3. The molecular weight excluding hydrogens is 374 g/mol. The van der Waals surface area contributed by atoms with E-state index >= 15 is 0 Å². The van der Waals surface area contributed by atoms with Crippen LogP contribution in [-0.2, 0) is 0 Å². The molecule has 1 aliphatic rings. The van der Waals surface area contributed by atoms with Crippen LogP contribution in [0.25, 0.3) is 0 Å². The molecule has 2 heterocycles. The third kappa shape index (κ3) is 4.59. The summed E-state index contributed by atoms with van der Waals surface area (Å²) in [6.07, 6.45) is 2.38. The second-order valence-electron chi connectivity index (χ2n) is 7.86. The molecule has 6 nitrogen and oxygen atoms in total. The fourth-order valence-electron chi connectivity index (χ4n) is 3.73. The molecule has 0 spiro atoms. The smallest absolute Gasteiger partial charge is 0.255 e. The van der Waals surface area contributed by atoms with Gasteiger partial charge >= 0.3 is 0 Å². The zero-order chi connectivity index (χ0) is 21.1. The number of amides is 1. The number of hydrogen-bond acceptors (Lipinski definition) is 5. The highest BCUT2D eigenvalue weighted by Gasteiger charge is 2.16. The van der Waals surface area contributed by atoms with Crippen LogP contribution in [0.3, 0.4) is 0 Å². The van der Waals surface area contributed by atoms with Gasteiger partial charge in [0.2, 0.25) is 5.95 Å². The van der Waals surface area contributed by atoms with E-state index < -0.39 is 0 Å². The van der Waals surface area contributed by atoms with Crippen molar-refractivity contribution in [2.75, 3.05) is 28.6 Å². The monoisotopic (exact) mass is 401 g/mol. The van der Waals surface area contributed by atoms with Gasteiger partial charge in [-0.1, -0.05) is 17.7 Å². The minimum Gasteiger partial charge on any atom is -0.341 e. The SMILES string of the molecule is Cc1ccc(C(=O)Nc2ccc(Nc3cc(C)nc(N4CCCC4)n3)cc2)c(C)c1. The van der Waals surface area contributed by atoms with Gasteiger partial charge in [-0.2, -0.15) is 4.98 Å². The molecule has 1 amide bonds. The third-order valence-corrected chi connectivity index (χ3v) is 5.27. The first-order valence-electron chi connectivity index (χ1n) is 10.3. The molecule has 30 heavy (non-hydrogen) atoms. The molecule has 1 saturated heterocycles. The Morgan fingerprint density at radius 3 is 2.30 bits per heavy atom. The van der Waals surface area contributed by atoms with Crippen molar-refractivity contribution in [1.82, 2.24) is 9.97 Å². The Balaban J connectivity index is 1.44. The molecule has 0 radical (unpaired) electrons. The minimum absolute atomic E-state index is 0.102. The lowest BCUT2D eigenvalue weighted by Crippen LogP contribution is -2.21. The number of carbonyl (C=O) groups excluding carboxylic acids is 1. The number of anilines is 4. The van der Waals surface area contributed by atoms with E-state index in [2.05, 4.69) is 25.5 Å². The summed E-state index contributed by atoms with van der Waals surface area (Å²) >= 11 is 0. The lowest BCUT2D eigenvalue weighted by Gasteiger charge is -2.17. The van der Waals surface area contributed by atoms with Gasteiger partial charge in [0, 0.05) is 41.8 Å². The van der Waals surface area contributed by atoms with E-state index in [0.717, 1.165) is 53.1 Å². The molecule has 4 rings (SSSR count). The van der Waals surface area contributed by atoms with Gasteiger partial charge in [0.15, 0.2) is 0 Å². The summed E-state index contributed by atoms with van der Waals surface area (Å²) in [6.45, 7) is 7.98. The van der Waals surface area contributed by atoms with Crippen molar-refractivity contribution in [2.45, 2.75) is 33.6 Å². The fourth-order valence-corrected chi connectivity index (χ4v) is 3.73. The van der Waals surface area contributed by atoms with Crippen molar-refractivity contribution in [1.29, 1.82) is 0 Å². The van der Waals surface area contributed by atoms with Crippen LogP contribution in [0, 0.1) is 20.8 Å². The van der Waals surface area contributed by atoms with Crippen LogP contribution in [0.5, 0.6) is 0 Å². The largest absolute Gasteiger partial charge is 0.341 e. The van der Waals surface area contributed by atoms with Crippen LogP contribution < -0.4 is 15.5 Å². The molecule has 0 saturated carbocycles.